The first-order valence-corrected chi connectivity index (χ1v) is 7.69. The maximum atomic E-state index is 5.42. The maximum absolute atomic E-state index is 5.42. The lowest BCUT2D eigenvalue weighted by atomic mass is 10.2. The van der Waals surface area contributed by atoms with Crippen molar-refractivity contribution in [2.75, 3.05) is 32.8 Å². The maximum Gasteiger partial charge on any atom is 0.195 e. The van der Waals surface area contributed by atoms with Crippen molar-refractivity contribution in [3.8, 4) is 11.4 Å². The van der Waals surface area contributed by atoms with Crippen LogP contribution in [0.1, 0.15) is 13.0 Å². The average Bonchev–Trinajstić information content (AvgIpc) is 2.91. The summed E-state index contributed by atoms with van der Waals surface area (Å²) >= 11 is 5.42. The number of ether oxygens (including phenoxy) is 1. The molecule has 1 aromatic heterocycles. The van der Waals surface area contributed by atoms with E-state index in [0.717, 1.165) is 44.2 Å². The molecule has 1 saturated heterocycles. The van der Waals surface area contributed by atoms with Crippen LogP contribution in [0.5, 0.6) is 0 Å². The van der Waals surface area contributed by atoms with Crippen molar-refractivity contribution < 1.29 is 4.74 Å². The van der Waals surface area contributed by atoms with Crippen LogP contribution in [0, 0.1) is 4.77 Å². The molecule has 5 nitrogen and oxygen atoms in total. The second-order valence-electron chi connectivity index (χ2n) is 5.35. The molecule has 1 aliphatic heterocycles. The Morgan fingerprint density at radius 2 is 2.00 bits per heavy atom. The van der Waals surface area contributed by atoms with E-state index in [4.69, 9.17) is 17.0 Å². The SMILES string of the molecule is CC(CN1CCOCC1)n1c(-c2ccccc2)n[nH]c1=S. The van der Waals surface area contributed by atoms with Gasteiger partial charge in [-0.05, 0) is 19.1 Å². The predicted octanol–water partition coefficient (Wildman–Crippen LogP) is 2.50. The fourth-order valence-electron chi connectivity index (χ4n) is 2.74. The van der Waals surface area contributed by atoms with Gasteiger partial charge in [0.1, 0.15) is 0 Å². The molecule has 0 spiro atoms. The van der Waals surface area contributed by atoms with E-state index in [1.165, 1.54) is 0 Å². The van der Waals surface area contributed by atoms with Crippen molar-refractivity contribution in [2.45, 2.75) is 13.0 Å². The number of H-pyrrole nitrogens is 1. The highest BCUT2D eigenvalue weighted by Crippen LogP contribution is 2.21. The molecular weight excluding hydrogens is 284 g/mol. The van der Waals surface area contributed by atoms with Crippen LogP contribution in [-0.2, 0) is 4.74 Å². The molecule has 2 heterocycles. The number of hydrogen-bond acceptors (Lipinski definition) is 4. The topological polar surface area (TPSA) is 46.1 Å². The molecular formula is C15H20N4OS. The first-order valence-electron chi connectivity index (χ1n) is 7.28. The molecule has 6 heteroatoms. The summed E-state index contributed by atoms with van der Waals surface area (Å²) in [5.74, 6) is 0.904. The van der Waals surface area contributed by atoms with Gasteiger partial charge >= 0.3 is 0 Å². The number of aromatic amines is 1. The van der Waals surface area contributed by atoms with E-state index in [1.54, 1.807) is 0 Å². The minimum absolute atomic E-state index is 0.268. The van der Waals surface area contributed by atoms with Gasteiger partial charge in [-0.25, -0.2) is 0 Å². The summed E-state index contributed by atoms with van der Waals surface area (Å²) in [5.41, 5.74) is 1.08. The van der Waals surface area contributed by atoms with Gasteiger partial charge in [-0.1, -0.05) is 30.3 Å². The molecule has 1 aliphatic rings. The van der Waals surface area contributed by atoms with Crippen molar-refractivity contribution >= 4 is 12.2 Å². The van der Waals surface area contributed by atoms with Crippen LogP contribution in [0.3, 0.4) is 0 Å². The van der Waals surface area contributed by atoms with E-state index in [1.807, 2.05) is 18.2 Å². The van der Waals surface area contributed by atoms with E-state index in [0.29, 0.717) is 4.77 Å². The van der Waals surface area contributed by atoms with Gasteiger partial charge in [0.05, 0.1) is 13.2 Å². The van der Waals surface area contributed by atoms with Gasteiger partial charge in [0, 0.05) is 31.2 Å². The molecule has 1 aromatic carbocycles. The van der Waals surface area contributed by atoms with E-state index in [-0.39, 0.29) is 6.04 Å². The molecule has 0 saturated carbocycles. The van der Waals surface area contributed by atoms with Gasteiger partial charge in [-0.3, -0.25) is 14.6 Å². The summed E-state index contributed by atoms with van der Waals surface area (Å²) < 4.78 is 8.19. The number of nitrogens with zero attached hydrogens (tertiary/aromatic N) is 3. The molecule has 112 valence electrons. The van der Waals surface area contributed by atoms with Gasteiger partial charge in [0.15, 0.2) is 10.6 Å². The minimum Gasteiger partial charge on any atom is -0.379 e. The van der Waals surface area contributed by atoms with Crippen molar-refractivity contribution in [1.29, 1.82) is 0 Å². The highest BCUT2D eigenvalue weighted by Gasteiger charge is 2.18. The number of morpholine rings is 1. The summed E-state index contributed by atoms with van der Waals surface area (Å²) in [5, 5.41) is 7.33. The highest BCUT2D eigenvalue weighted by atomic mass is 32.1. The summed E-state index contributed by atoms with van der Waals surface area (Å²) in [6, 6.07) is 10.4. The second-order valence-corrected chi connectivity index (χ2v) is 5.74. The lowest BCUT2D eigenvalue weighted by Crippen LogP contribution is -2.39. The van der Waals surface area contributed by atoms with Gasteiger partial charge < -0.3 is 4.74 Å². The molecule has 0 aliphatic carbocycles. The normalized spacial score (nSPS) is 17.8. The third-order valence-electron chi connectivity index (χ3n) is 3.80. The minimum atomic E-state index is 0.268. The number of benzene rings is 1. The van der Waals surface area contributed by atoms with Crippen LogP contribution in [0.2, 0.25) is 0 Å². The monoisotopic (exact) mass is 304 g/mol. The summed E-state index contributed by atoms with van der Waals surface area (Å²) in [7, 11) is 0. The average molecular weight is 304 g/mol. The lowest BCUT2D eigenvalue weighted by Gasteiger charge is -2.29. The second kappa shape index (κ2) is 6.51. The molecule has 1 fully saturated rings. The van der Waals surface area contributed by atoms with E-state index in [9.17, 15) is 0 Å². The molecule has 3 rings (SSSR count). The third-order valence-corrected chi connectivity index (χ3v) is 4.09. The van der Waals surface area contributed by atoms with Crippen molar-refractivity contribution in [1.82, 2.24) is 19.7 Å². The fourth-order valence-corrected chi connectivity index (χ4v) is 3.06. The Balaban J connectivity index is 1.84. The highest BCUT2D eigenvalue weighted by molar-refractivity contribution is 7.71. The molecule has 0 bridgehead atoms. The molecule has 0 radical (unpaired) electrons. The lowest BCUT2D eigenvalue weighted by molar-refractivity contribution is 0.0325. The van der Waals surface area contributed by atoms with E-state index in [2.05, 4.69) is 38.7 Å². The smallest absolute Gasteiger partial charge is 0.195 e. The number of aromatic nitrogens is 3. The summed E-state index contributed by atoms with van der Waals surface area (Å²) in [6.07, 6.45) is 0. The quantitative estimate of drug-likeness (QED) is 0.882. The van der Waals surface area contributed by atoms with Crippen LogP contribution >= 0.6 is 12.2 Å². The van der Waals surface area contributed by atoms with Crippen LogP contribution < -0.4 is 0 Å². The van der Waals surface area contributed by atoms with Crippen molar-refractivity contribution in [2.24, 2.45) is 0 Å². The van der Waals surface area contributed by atoms with Crippen LogP contribution in [0.4, 0.5) is 0 Å². The Labute approximate surface area is 129 Å². The summed E-state index contributed by atoms with van der Waals surface area (Å²) in [6.45, 7) is 6.74. The first kappa shape index (κ1) is 14.4. The fraction of sp³-hybridized carbons (Fsp3) is 0.467. The zero-order valence-corrected chi connectivity index (χ0v) is 13.0. The first-order chi connectivity index (χ1) is 10.3. The van der Waals surface area contributed by atoms with Gasteiger partial charge in [0.2, 0.25) is 0 Å². The van der Waals surface area contributed by atoms with Crippen LogP contribution in [0.15, 0.2) is 30.3 Å². The van der Waals surface area contributed by atoms with Crippen LogP contribution in [0.25, 0.3) is 11.4 Å². The largest absolute Gasteiger partial charge is 0.379 e. The molecule has 21 heavy (non-hydrogen) atoms. The Kier molecular flexibility index (Phi) is 4.48. The molecule has 1 N–H and O–H groups in total. The van der Waals surface area contributed by atoms with Crippen molar-refractivity contribution in [3.63, 3.8) is 0 Å². The van der Waals surface area contributed by atoms with Crippen molar-refractivity contribution in [3.05, 3.63) is 35.1 Å². The zero-order valence-electron chi connectivity index (χ0n) is 12.2. The number of rotatable bonds is 4. The van der Waals surface area contributed by atoms with Gasteiger partial charge in [-0.15, -0.1) is 0 Å². The molecule has 1 unspecified atom stereocenters. The van der Waals surface area contributed by atoms with E-state index < -0.39 is 0 Å². The third kappa shape index (κ3) is 3.23. The predicted molar refractivity (Wildman–Crippen MR) is 84.8 cm³/mol. The Hall–Kier alpha value is -1.50. The molecule has 1 atom stereocenters. The molecule has 0 amide bonds. The number of nitrogens with one attached hydrogen (secondary N) is 1. The Morgan fingerprint density at radius 1 is 1.29 bits per heavy atom. The van der Waals surface area contributed by atoms with E-state index >= 15 is 0 Å². The Bertz CT molecular complexity index is 631. The molecule has 2 aromatic rings. The number of hydrogen-bond donors (Lipinski definition) is 1. The van der Waals surface area contributed by atoms with Crippen LogP contribution in [-0.4, -0.2) is 52.5 Å². The zero-order chi connectivity index (χ0) is 14.7. The van der Waals surface area contributed by atoms with Gasteiger partial charge in [-0.2, -0.15) is 5.10 Å². The van der Waals surface area contributed by atoms with Gasteiger partial charge in [0.25, 0.3) is 0 Å². The standard InChI is InChI=1S/C15H20N4OS/c1-12(11-18-7-9-20-10-8-18)19-14(16-17-15(19)21)13-5-3-2-4-6-13/h2-6,12H,7-11H2,1H3,(H,17,21). The summed E-state index contributed by atoms with van der Waals surface area (Å²) in [4.78, 5) is 2.41. The Morgan fingerprint density at radius 3 is 2.71 bits per heavy atom.